The highest BCUT2D eigenvalue weighted by atomic mass is 15.2. The van der Waals surface area contributed by atoms with Gasteiger partial charge in [0.2, 0.25) is 0 Å². The summed E-state index contributed by atoms with van der Waals surface area (Å²) in [6.45, 7) is 12.6. The lowest BCUT2D eigenvalue weighted by Gasteiger charge is -2.23. The molecule has 0 spiro atoms. The van der Waals surface area contributed by atoms with Gasteiger partial charge < -0.3 is 15.1 Å². The maximum Gasteiger partial charge on any atom is 0.0109 e. The van der Waals surface area contributed by atoms with Crippen LogP contribution in [0.2, 0.25) is 0 Å². The highest BCUT2D eigenvalue weighted by molar-refractivity contribution is 4.61. The monoisotopic (exact) mass is 229 g/mol. The van der Waals surface area contributed by atoms with Gasteiger partial charge in [0.25, 0.3) is 0 Å². The van der Waals surface area contributed by atoms with Gasteiger partial charge in [0.15, 0.2) is 0 Å². The van der Waals surface area contributed by atoms with Crippen molar-refractivity contribution in [1.82, 2.24) is 15.1 Å². The standard InChI is InChI=1S/C13H31N3/c1-6-9-16(12-11-15(4)5)10-7-8-14-13(2)3/h13-14H,6-12H2,1-5H3. The van der Waals surface area contributed by atoms with E-state index < -0.39 is 0 Å². The Balaban J connectivity index is 3.59. The van der Waals surface area contributed by atoms with E-state index in [0.717, 1.165) is 13.1 Å². The summed E-state index contributed by atoms with van der Waals surface area (Å²) < 4.78 is 0. The van der Waals surface area contributed by atoms with Crippen molar-refractivity contribution in [3.8, 4) is 0 Å². The summed E-state index contributed by atoms with van der Waals surface area (Å²) >= 11 is 0. The lowest BCUT2D eigenvalue weighted by Crippen LogP contribution is -2.35. The van der Waals surface area contributed by atoms with Gasteiger partial charge in [-0.2, -0.15) is 0 Å². The zero-order valence-corrected chi connectivity index (χ0v) is 11.9. The highest BCUT2D eigenvalue weighted by Gasteiger charge is 2.03. The molecule has 3 heteroatoms. The second kappa shape index (κ2) is 10.1. The molecule has 0 aromatic rings. The maximum atomic E-state index is 3.47. The van der Waals surface area contributed by atoms with Gasteiger partial charge in [0, 0.05) is 19.1 Å². The Morgan fingerprint density at radius 2 is 1.69 bits per heavy atom. The smallest absolute Gasteiger partial charge is 0.0109 e. The van der Waals surface area contributed by atoms with E-state index in [2.05, 4.69) is 50.0 Å². The quantitative estimate of drug-likeness (QED) is 0.575. The first-order chi connectivity index (χ1) is 7.56. The van der Waals surface area contributed by atoms with Crippen LogP contribution in [-0.4, -0.2) is 62.7 Å². The summed E-state index contributed by atoms with van der Waals surface area (Å²) in [5, 5.41) is 3.47. The molecule has 0 saturated carbocycles. The third-order valence-electron chi connectivity index (χ3n) is 2.61. The van der Waals surface area contributed by atoms with Crippen LogP contribution in [0, 0.1) is 0 Å². The minimum absolute atomic E-state index is 0.612. The Morgan fingerprint density at radius 3 is 2.19 bits per heavy atom. The molecule has 0 atom stereocenters. The number of hydrogen-bond acceptors (Lipinski definition) is 3. The van der Waals surface area contributed by atoms with Crippen molar-refractivity contribution in [2.45, 2.75) is 39.7 Å². The molecule has 0 aromatic heterocycles. The average molecular weight is 229 g/mol. The fraction of sp³-hybridized carbons (Fsp3) is 1.00. The lowest BCUT2D eigenvalue weighted by atomic mass is 10.3. The molecule has 0 radical (unpaired) electrons. The van der Waals surface area contributed by atoms with Crippen LogP contribution < -0.4 is 5.32 Å². The summed E-state index contributed by atoms with van der Waals surface area (Å²) in [5.41, 5.74) is 0. The molecule has 0 rings (SSSR count). The molecule has 98 valence electrons. The minimum Gasteiger partial charge on any atom is -0.314 e. The molecule has 0 bridgehead atoms. The number of nitrogens with one attached hydrogen (secondary N) is 1. The maximum absolute atomic E-state index is 3.47. The van der Waals surface area contributed by atoms with Gasteiger partial charge in [-0.3, -0.25) is 0 Å². The van der Waals surface area contributed by atoms with Crippen LogP contribution in [0.4, 0.5) is 0 Å². The van der Waals surface area contributed by atoms with Crippen LogP contribution in [0.25, 0.3) is 0 Å². The van der Waals surface area contributed by atoms with Crippen LogP contribution in [0.15, 0.2) is 0 Å². The summed E-state index contributed by atoms with van der Waals surface area (Å²) in [4.78, 5) is 4.83. The van der Waals surface area contributed by atoms with Gasteiger partial charge in [-0.05, 0) is 46.6 Å². The van der Waals surface area contributed by atoms with Crippen molar-refractivity contribution in [2.24, 2.45) is 0 Å². The van der Waals surface area contributed by atoms with Gasteiger partial charge in [-0.1, -0.05) is 20.8 Å². The van der Waals surface area contributed by atoms with Crippen molar-refractivity contribution >= 4 is 0 Å². The van der Waals surface area contributed by atoms with Gasteiger partial charge in [-0.15, -0.1) is 0 Å². The van der Waals surface area contributed by atoms with E-state index in [1.165, 1.54) is 32.5 Å². The molecule has 1 N–H and O–H groups in total. The first-order valence-electron chi connectivity index (χ1n) is 6.66. The Bertz CT molecular complexity index is 146. The molecule has 0 aliphatic heterocycles. The van der Waals surface area contributed by atoms with Crippen LogP contribution in [0.5, 0.6) is 0 Å². The van der Waals surface area contributed by atoms with Crippen molar-refractivity contribution < 1.29 is 0 Å². The summed E-state index contributed by atoms with van der Waals surface area (Å²) in [7, 11) is 4.29. The molecule has 0 aromatic carbocycles. The summed E-state index contributed by atoms with van der Waals surface area (Å²) in [6.07, 6.45) is 2.51. The van der Waals surface area contributed by atoms with Crippen molar-refractivity contribution in [3.63, 3.8) is 0 Å². The molecule has 0 heterocycles. The Labute approximate surface area is 102 Å². The van der Waals surface area contributed by atoms with Gasteiger partial charge in [-0.25, -0.2) is 0 Å². The molecule has 0 amide bonds. The Hall–Kier alpha value is -0.120. The molecule has 0 saturated heterocycles. The van der Waals surface area contributed by atoms with Gasteiger partial charge in [0.05, 0.1) is 0 Å². The van der Waals surface area contributed by atoms with Crippen LogP contribution in [0.1, 0.15) is 33.6 Å². The van der Waals surface area contributed by atoms with Gasteiger partial charge >= 0.3 is 0 Å². The van der Waals surface area contributed by atoms with Crippen molar-refractivity contribution in [2.75, 3.05) is 46.8 Å². The highest BCUT2D eigenvalue weighted by Crippen LogP contribution is 1.94. The first kappa shape index (κ1) is 15.9. The van der Waals surface area contributed by atoms with E-state index >= 15 is 0 Å². The van der Waals surface area contributed by atoms with E-state index in [1.807, 2.05) is 0 Å². The van der Waals surface area contributed by atoms with E-state index in [1.54, 1.807) is 0 Å². The summed E-state index contributed by atoms with van der Waals surface area (Å²) in [5.74, 6) is 0. The molecule has 0 fully saturated rings. The van der Waals surface area contributed by atoms with E-state index in [9.17, 15) is 0 Å². The van der Waals surface area contributed by atoms with Crippen molar-refractivity contribution in [3.05, 3.63) is 0 Å². The second-order valence-electron chi connectivity index (χ2n) is 5.11. The van der Waals surface area contributed by atoms with Crippen molar-refractivity contribution in [1.29, 1.82) is 0 Å². The minimum atomic E-state index is 0.612. The predicted octanol–water partition coefficient (Wildman–Crippen LogP) is 1.65. The lowest BCUT2D eigenvalue weighted by molar-refractivity contribution is 0.237. The average Bonchev–Trinajstić information content (AvgIpc) is 2.20. The van der Waals surface area contributed by atoms with Gasteiger partial charge in [0.1, 0.15) is 0 Å². The Kier molecular flexibility index (Phi) is 9.99. The molecular weight excluding hydrogens is 198 g/mol. The van der Waals surface area contributed by atoms with E-state index in [-0.39, 0.29) is 0 Å². The van der Waals surface area contributed by atoms with E-state index in [0.29, 0.717) is 6.04 Å². The van der Waals surface area contributed by atoms with Crippen LogP contribution >= 0.6 is 0 Å². The fourth-order valence-electron chi connectivity index (χ4n) is 1.69. The SMILES string of the molecule is CCCN(CCCNC(C)C)CCN(C)C. The predicted molar refractivity (Wildman–Crippen MR) is 73.0 cm³/mol. The zero-order chi connectivity index (χ0) is 12.4. The molecule has 0 aliphatic rings. The molecule has 0 unspecified atom stereocenters. The first-order valence-corrected chi connectivity index (χ1v) is 6.66. The zero-order valence-electron chi connectivity index (χ0n) is 11.9. The Morgan fingerprint density at radius 1 is 1.00 bits per heavy atom. The summed E-state index contributed by atoms with van der Waals surface area (Å²) in [6, 6.07) is 0.612. The number of hydrogen-bond donors (Lipinski definition) is 1. The largest absolute Gasteiger partial charge is 0.314 e. The second-order valence-corrected chi connectivity index (χ2v) is 5.11. The van der Waals surface area contributed by atoms with Crippen LogP contribution in [0.3, 0.4) is 0 Å². The van der Waals surface area contributed by atoms with Crippen LogP contribution in [-0.2, 0) is 0 Å². The molecule has 16 heavy (non-hydrogen) atoms. The third-order valence-corrected chi connectivity index (χ3v) is 2.61. The third kappa shape index (κ3) is 10.4. The fourth-order valence-corrected chi connectivity index (χ4v) is 1.69. The molecular formula is C13H31N3. The number of nitrogens with zero attached hydrogens (tertiary/aromatic N) is 2. The molecule has 3 nitrogen and oxygen atoms in total. The number of likely N-dealkylation sites (N-methyl/N-ethyl adjacent to an activating group) is 1. The number of rotatable bonds is 10. The van der Waals surface area contributed by atoms with E-state index in [4.69, 9.17) is 0 Å². The molecule has 0 aliphatic carbocycles. The topological polar surface area (TPSA) is 18.5 Å². The normalized spacial score (nSPS) is 12.0.